The molecule has 0 aliphatic heterocycles. The van der Waals surface area contributed by atoms with Gasteiger partial charge >= 0.3 is 0 Å². The maximum atomic E-state index is 10.9. The maximum Gasteiger partial charge on any atom is 0.192 e. The van der Waals surface area contributed by atoms with Crippen LogP contribution in [0.15, 0.2) is 42.5 Å². The Balaban J connectivity index is 1.95. The highest BCUT2D eigenvalue weighted by atomic mass is 28.4. The lowest BCUT2D eigenvalue weighted by Crippen LogP contribution is -2.49. The molecule has 4 heteroatoms. The lowest BCUT2D eigenvalue weighted by atomic mass is 10.0. The van der Waals surface area contributed by atoms with Crippen LogP contribution < -0.4 is 0 Å². The van der Waals surface area contributed by atoms with Crippen LogP contribution in [-0.2, 0) is 15.8 Å². The molecule has 0 heterocycles. The number of hydrogen-bond donors (Lipinski definition) is 1. The molecule has 0 fully saturated rings. The van der Waals surface area contributed by atoms with Crippen molar-refractivity contribution in [2.24, 2.45) is 0 Å². The highest BCUT2D eigenvalue weighted by Crippen LogP contribution is 2.38. The van der Waals surface area contributed by atoms with Crippen LogP contribution in [0, 0.1) is 0 Å². The van der Waals surface area contributed by atoms with E-state index in [1.165, 1.54) is 0 Å². The predicted molar refractivity (Wildman–Crippen MR) is 96.9 cm³/mol. The summed E-state index contributed by atoms with van der Waals surface area (Å²) in [6, 6.07) is 10.1. The second kappa shape index (κ2) is 6.89. The summed E-state index contributed by atoms with van der Waals surface area (Å²) in [5.41, 5.74) is 0.0941. The van der Waals surface area contributed by atoms with E-state index in [2.05, 4.69) is 33.9 Å². The first-order valence-electron chi connectivity index (χ1n) is 8.34. The molecule has 2 rings (SSSR count). The summed E-state index contributed by atoms with van der Waals surface area (Å²) in [7, 11) is -1.89. The largest absolute Gasteiger partial charge is 0.413 e. The van der Waals surface area contributed by atoms with Crippen molar-refractivity contribution in [3.8, 4) is 0 Å². The molecule has 2 atom stereocenters. The van der Waals surface area contributed by atoms with Gasteiger partial charge in [0.15, 0.2) is 8.32 Å². The minimum atomic E-state index is -1.89. The SMILES string of the molecule is CC(C)(C)[Si](C)(C)OC[C@@]1(O)C=CC[C@@H]1OCc1ccccc1. The minimum absolute atomic E-state index is 0.131. The van der Waals surface area contributed by atoms with E-state index in [0.717, 1.165) is 12.0 Å². The third-order valence-corrected chi connectivity index (χ3v) is 9.56. The number of ether oxygens (including phenoxy) is 1. The van der Waals surface area contributed by atoms with Crippen LogP contribution in [-0.4, -0.2) is 31.7 Å². The first-order chi connectivity index (χ1) is 10.6. The van der Waals surface area contributed by atoms with Gasteiger partial charge in [-0.15, -0.1) is 0 Å². The fraction of sp³-hybridized carbons (Fsp3) is 0.579. The monoisotopic (exact) mass is 334 g/mol. The molecule has 0 radical (unpaired) electrons. The van der Waals surface area contributed by atoms with Crippen molar-refractivity contribution >= 4 is 8.32 Å². The Kier molecular flexibility index (Phi) is 5.51. The molecule has 1 N–H and O–H groups in total. The molecule has 128 valence electrons. The van der Waals surface area contributed by atoms with Crippen LogP contribution in [0.3, 0.4) is 0 Å². The van der Waals surface area contributed by atoms with Crippen LogP contribution >= 0.6 is 0 Å². The Morgan fingerprint density at radius 2 is 1.87 bits per heavy atom. The van der Waals surface area contributed by atoms with Crippen molar-refractivity contribution in [3.63, 3.8) is 0 Å². The Bertz CT molecular complexity index is 533. The molecule has 0 saturated carbocycles. The number of aliphatic hydroxyl groups is 1. The molecule has 1 aromatic carbocycles. The number of benzene rings is 1. The van der Waals surface area contributed by atoms with Gasteiger partial charge in [-0.05, 0) is 30.1 Å². The molecule has 1 aromatic rings. The minimum Gasteiger partial charge on any atom is -0.413 e. The van der Waals surface area contributed by atoms with Gasteiger partial charge in [0.2, 0.25) is 0 Å². The first kappa shape index (κ1) is 18.4. The predicted octanol–water partition coefficient (Wildman–Crippen LogP) is 4.28. The molecule has 0 bridgehead atoms. The molecular formula is C19H30O3Si. The van der Waals surface area contributed by atoms with Crippen molar-refractivity contribution in [2.45, 2.75) is 63.6 Å². The topological polar surface area (TPSA) is 38.7 Å². The van der Waals surface area contributed by atoms with Crippen LogP contribution in [0.1, 0.15) is 32.8 Å². The third kappa shape index (κ3) is 4.54. The standard InChI is InChI=1S/C19H30O3Si/c1-18(2,3)23(4,5)22-15-19(20)13-9-12-17(19)21-14-16-10-7-6-8-11-16/h6-11,13,17,20H,12,14-15H2,1-5H3/t17-,19-/m0/s1. The van der Waals surface area contributed by atoms with Crippen molar-refractivity contribution in [2.75, 3.05) is 6.61 Å². The Morgan fingerprint density at radius 3 is 2.48 bits per heavy atom. The van der Waals surface area contributed by atoms with Gasteiger partial charge < -0.3 is 14.3 Å². The van der Waals surface area contributed by atoms with Crippen molar-refractivity contribution in [1.29, 1.82) is 0 Å². The first-order valence-corrected chi connectivity index (χ1v) is 11.2. The van der Waals surface area contributed by atoms with E-state index < -0.39 is 13.9 Å². The summed E-state index contributed by atoms with van der Waals surface area (Å²) >= 11 is 0. The molecule has 0 spiro atoms. The van der Waals surface area contributed by atoms with Gasteiger partial charge in [0.1, 0.15) is 5.60 Å². The molecule has 0 unspecified atom stereocenters. The van der Waals surface area contributed by atoms with Gasteiger partial charge in [-0.3, -0.25) is 0 Å². The summed E-state index contributed by atoms with van der Waals surface area (Å²) in [5.74, 6) is 0. The molecule has 1 aliphatic carbocycles. The van der Waals surface area contributed by atoms with E-state index in [0.29, 0.717) is 13.2 Å². The zero-order chi connectivity index (χ0) is 17.1. The van der Waals surface area contributed by atoms with Crippen LogP contribution in [0.5, 0.6) is 0 Å². The molecule has 23 heavy (non-hydrogen) atoms. The summed E-state index contributed by atoms with van der Waals surface area (Å²) < 4.78 is 12.2. The fourth-order valence-corrected chi connectivity index (χ4v) is 3.37. The molecular weight excluding hydrogens is 304 g/mol. The second-order valence-corrected chi connectivity index (χ2v) is 12.8. The fourth-order valence-electron chi connectivity index (χ4n) is 2.34. The zero-order valence-corrected chi connectivity index (χ0v) is 16.0. The van der Waals surface area contributed by atoms with E-state index in [4.69, 9.17) is 9.16 Å². The molecule has 0 amide bonds. The van der Waals surface area contributed by atoms with Gasteiger partial charge in [-0.1, -0.05) is 63.3 Å². The Labute approximate surface area is 141 Å². The summed E-state index contributed by atoms with van der Waals surface area (Å²) in [6.07, 6.45) is 4.32. The van der Waals surface area contributed by atoms with E-state index >= 15 is 0 Å². The average molecular weight is 335 g/mol. The zero-order valence-electron chi connectivity index (χ0n) is 15.0. The van der Waals surface area contributed by atoms with E-state index in [9.17, 15) is 5.11 Å². The van der Waals surface area contributed by atoms with E-state index in [1.54, 1.807) is 0 Å². The van der Waals surface area contributed by atoms with Crippen molar-refractivity contribution in [3.05, 3.63) is 48.0 Å². The Morgan fingerprint density at radius 1 is 1.22 bits per heavy atom. The van der Waals surface area contributed by atoms with Crippen LogP contribution in [0.4, 0.5) is 0 Å². The van der Waals surface area contributed by atoms with Gasteiger partial charge in [0.05, 0.1) is 19.3 Å². The van der Waals surface area contributed by atoms with Gasteiger partial charge in [-0.2, -0.15) is 0 Å². The van der Waals surface area contributed by atoms with Gasteiger partial charge in [0, 0.05) is 0 Å². The second-order valence-electron chi connectivity index (χ2n) is 7.96. The molecule has 3 nitrogen and oxygen atoms in total. The lowest BCUT2D eigenvalue weighted by Gasteiger charge is -2.39. The highest BCUT2D eigenvalue weighted by molar-refractivity contribution is 6.74. The smallest absolute Gasteiger partial charge is 0.192 e. The molecule has 0 saturated heterocycles. The highest BCUT2D eigenvalue weighted by Gasteiger charge is 2.43. The van der Waals surface area contributed by atoms with E-state index in [-0.39, 0.29) is 11.1 Å². The number of hydrogen-bond acceptors (Lipinski definition) is 3. The summed E-state index contributed by atoms with van der Waals surface area (Å²) in [4.78, 5) is 0. The van der Waals surface area contributed by atoms with Crippen LogP contribution in [0.2, 0.25) is 18.1 Å². The van der Waals surface area contributed by atoms with E-state index in [1.807, 2.05) is 42.5 Å². The van der Waals surface area contributed by atoms with Crippen molar-refractivity contribution in [1.82, 2.24) is 0 Å². The van der Waals surface area contributed by atoms with Crippen LogP contribution in [0.25, 0.3) is 0 Å². The van der Waals surface area contributed by atoms with Gasteiger partial charge in [0.25, 0.3) is 0 Å². The molecule has 1 aliphatic rings. The number of rotatable bonds is 6. The maximum absolute atomic E-state index is 10.9. The molecule has 0 aromatic heterocycles. The third-order valence-electron chi connectivity index (χ3n) is 5.08. The normalized spacial score (nSPS) is 25.0. The van der Waals surface area contributed by atoms with Crippen molar-refractivity contribution < 1.29 is 14.3 Å². The summed E-state index contributed by atoms with van der Waals surface area (Å²) in [5, 5.41) is 11.1. The van der Waals surface area contributed by atoms with Gasteiger partial charge in [-0.25, -0.2) is 0 Å². The lowest BCUT2D eigenvalue weighted by molar-refractivity contribution is -0.0976. The average Bonchev–Trinajstić information content (AvgIpc) is 2.85. The Hall–Kier alpha value is -0.943. The quantitative estimate of drug-likeness (QED) is 0.623. The summed E-state index contributed by atoms with van der Waals surface area (Å²) in [6.45, 7) is 11.8.